The van der Waals surface area contributed by atoms with Crippen LogP contribution in [0.2, 0.25) is 0 Å². The zero-order valence-corrected chi connectivity index (χ0v) is 26.7. The topological polar surface area (TPSA) is 135 Å². The number of aromatic nitrogens is 1. The first-order valence-corrected chi connectivity index (χ1v) is 15.4. The van der Waals surface area contributed by atoms with Gasteiger partial charge in [0.25, 0.3) is 11.2 Å². The number of benzene rings is 3. The molecule has 1 aliphatic rings. The predicted octanol–water partition coefficient (Wildman–Crippen LogP) is 5.43. The predicted molar refractivity (Wildman–Crippen MR) is 176 cm³/mol. The highest BCUT2D eigenvalue weighted by atomic mass is 32.1. The zero-order chi connectivity index (χ0) is 33.2. The number of ether oxygens (including phenoxy) is 3. The average Bonchev–Trinajstić information content (AvgIpc) is 3.67. The lowest BCUT2D eigenvalue weighted by Crippen LogP contribution is -2.40. The number of nitro groups is 1. The first-order chi connectivity index (χ1) is 22.7. The quantitative estimate of drug-likeness (QED) is 0.117. The van der Waals surface area contributed by atoms with Crippen molar-refractivity contribution >= 4 is 34.8 Å². The van der Waals surface area contributed by atoms with Gasteiger partial charge in [0.1, 0.15) is 11.5 Å². The summed E-state index contributed by atoms with van der Waals surface area (Å²) in [6.45, 7) is 3.67. The minimum atomic E-state index is -0.915. The molecule has 12 heteroatoms. The molecule has 238 valence electrons. The molecule has 0 unspecified atom stereocenters. The molecule has 1 aliphatic heterocycles. The van der Waals surface area contributed by atoms with Gasteiger partial charge in [-0.2, -0.15) is 0 Å². The van der Waals surface area contributed by atoms with Crippen LogP contribution in [0.15, 0.2) is 98.6 Å². The SMILES string of the molecule is CCOC(=O)C1=C(c2ccccc2)N=c2s/c(=C\c3ccc(-c4cc([N+](=O)[O-])ccc4C)o3)c(=O)n2[C@H]1c1ccc(OC)c(OC)c1. The van der Waals surface area contributed by atoms with Gasteiger partial charge in [-0.1, -0.05) is 53.8 Å². The number of thiazole rings is 1. The van der Waals surface area contributed by atoms with Crippen molar-refractivity contribution in [2.75, 3.05) is 20.8 Å². The Labute approximate surface area is 272 Å². The normalized spacial score (nSPS) is 14.4. The van der Waals surface area contributed by atoms with Crippen molar-refractivity contribution in [3.8, 4) is 22.8 Å². The number of carbonyl (C=O) groups is 1. The number of furan rings is 1. The Balaban J connectivity index is 1.57. The molecule has 0 amide bonds. The maximum absolute atomic E-state index is 14.2. The molecule has 0 saturated carbocycles. The lowest BCUT2D eigenvalue weighted by atomic mass is 9.93. The number of rotatable bonds is 9. The van der Waals surface area contributed by atoms with Gasteiger partial charge in [-0.3, -0.25) is 19.5 Å². The highest BCUT2D eigenvalue weighted by molar-refractivity contribution is 7.07. The van der Waals surface area contributed by atoms with Crippen molar-refractivity contribution in [3.05, 3.63) is 137 Å². The fourth-order valence-corrected chi connectivity index (χ4v) is 6.45. The number of methoxy groups -OCH3 is 2. The smallest absolute Gasteiger partial charge is 0.338 e. The van der Waals surface area contributed by atoms with Gasteiger partial charge < -0.3 is 18.6 Å². The summed E-state index contributed by atoms with van der Waals surface area (Å²) < 4.78 is 24.4. The van der Waals surface area contributed by atoms with Crippen LogP contribution in [0.5, 0.6) is 11.5 Å². The number of hydrogen-bond acceptors (Lipinski definition) is 10. The molecule has 2 aromatic heterocycles. The summed E-state index contributed by atoms with van der Waals surface area (Å²) in [5, 5.41) is 11.4. The first-order valence-electron chi connectivity index (χ1n) is 14.6. The molecule has 3 heterocycles. The van der Waals surface area contributed by atoms with E-state index >= 15 is 0 Å². The molecule has 0 N–H and O–H groups in total. The second kappa shape index (κ2) is 12.9. The minimum Gasteiger partial charge on any atom is -0.493 e. The van der Waals surface area contributed by atoms with Crippen molar-refractivity contribution in [2.24, 2.45) is 4.99 Å². The van der Waals surface area contributed by atoms with E-state index < -0.39 is 22.5 Å². The van der Waals surface area contributed by atoms with Gasteiger partial charge in [0.05, 0.1) is 47.6 Å². The van der Waals surface area contributed by atoms with Crippen LogP contribution in [0.25, 0.3) is 23.1 Å². The van der Waals surface area contributed by atoms with Crippen LogP contribution in [0.4, 0.5) is 5.69 Å². The number of nitro benzene ring substituents is 1. The lowest BCUT2D eigenvalue weighted by molar-refractivity contribution is -0.384. The molecule has 1 atom stereocenters. The van der Waals surface area contributed by atoms with Crippen LogP contribution in [-0.4, -0.2) is 36.3 Å². The maximum Gasteiger partial charge on any atom is 0.338 e. The van der Waals surface area contributed by atoms with Gasteiger partial charge in [0.15, 0.2) is 16.3 Å². The van der Waals surface area contributed by atoms with E-state index in [0.29, 0.717) is 54.7 Å². The van der Waals surface area contributed by atoms with E-state index in [1.54, 1.807) is 49.4 Å². The van der Waals surface area contributed by atoms with E-state index in [2.05, 4.69) is 0 Å². The molecule has 0 spiro atoms. The molecule has 3 aromatic carbocycles. The summed E-state index contributed by atoms with van der Waals surface area (Å²) in [4.78, 5) is 44.1. The Morgan fingerprint density at radius 2 is 1.81 bits per heavy atom. The number of aryl methyl sites for hydroxylation is 1. The Morgan fingerprint density at radius 3 is 2.51 bits per heavy atom. The molecule has 0 bridgehead atoms. The van der Waals surface area contributed by atoms with Crippen molar-refractivity contribution in [1.82, 2.24) is 4.57 Å². The third-order valence-corrected chi connectivity index (χ3v) is 8.68. The van der Waals surface area contributed by atoms with Crippen molar-refractivity contribution in [3.63, 3.8) is 0 Å². The summed E-state index contributed by atoms with van der Waals surface area (Å²) in [5.41, 5.74) is 2.77. The van der Waals surface area contributed by atoms with Crippen molar-refractivity contribution in [1.29, 1.82) is 0 Å². The molecular formula is C35H29N3O8S. The van der Waals surface area contributed by atoms with E-state index in [9.17, 15) is 19.7 Å². The van der Waals surface area contributed by atoms with Gasteiger partial charge >= 0.3 is 5.97 Å². The second-order valence-electron chi connectivity index (χ2n) is 10.5. The Hall–Kier alpha value is -5.75. The van der Waals surface area contributed by atoms with Gasteiger partial charge in [0.2, 0.25) is 0 Å². The molecule has 0 aliphatic carbocycles. The Bertz CT molecular complexity index is 2230. The van der Waals surface area contributed by atoms with E-state index in [1.165, 1.54) is 30.9 Å². The molecule has 5 aromatic rings. The van der Waals surface area contributed by atoms with E-state index in [-0.39, 0.29) is 17.9 Å². The van der Waals surface area contributed by atoms with Crippen LogP contribution in [-0.2, 0) is 9.53 Å². The number of non-ortho nitro benzene ring substituents is 1. The number of nitrogens with zero attached hydrogens (tertiary/aromatic N) is 3. The summed E-state index contributed by atoms with van der Waals surface area (Å²) in [5.74, 6) is 1.10. The Morgan fingerprint density at radius 1 is 1.04 bits per heavy atom. The monoisotopic (exact) mass is 651 g/mol. The van der Waals surface area contributed by atoms with Crippen LogP contribution in [0.1, 0.15) is 35.4 Å². The summed E-state index contributed by atoms with van der Waals surface area (Å²) in [7, 11) is 3.04. The number of esters is 1. The van der Waals surface area contributed by atoms with Crippen LogP contribution >= 0.6 is 11.3 Å². The third-order valence-electron chi connectivity index (χ3n) is 7.69. The summed E-state index contributed by atoms with van der Waals surface area (Å²) in [6.07, 6.45) is 1.60. The van der Waals surface area contributed by atoms with E-state index in [4.69, 9.17) is 23.6 Å². The molecular weight excluding hydrogens is 622 g/mol. The molecule has 0 radical (unpaired) electrons. The molecule has 6 rings (SSSR count). The van der Waals surface area contributed by atoms with Crippen molar-refractivity contribution < 1.29 is 28.3 Å². The summed E-state index contributed by atoms with van der Waals surface area (Å²) >= 11 is 1.15. The number of hydrogen-bond donors (Lipinski definition) is 0. The van der Waals surface area contributed by atoms with Crippen molar-refractivity contribution in [2.45, 2.75) is 19.9 Å². The minimum absolute atomic E-state index is 0.0568. The number of fused-ring (bicyclic) bond motifs is 1. The molecule has 11 nitrogen and oxygen atoms in total. The van der Waals surface area contributed by atoms with E-state index in [1.807, 2.05) is 37.3 Å². The third kappa shape index (κ3) is 5.86. The van der Waals surface area contributed by atoms with Crippen LogP contribution < -0.4 is 24.4 Å². The van der Waals surface area contributed by atoms with Gasteiger partial charge in [-0.15, -0.1) is 0 Å². The fourth-order valence-electron chi connectivity index (χ4n) is 5.47. The van der Waals surface area contributed by atoms with E-state index in [0.717, 1.165) is 16.9 Å². The fraction of sp³-hybridized carbons (Fsp3) is 0.171. The highest BCUT2D eigenvalue weighted by Crippen LogP contribution is 2.38. The second-order valence-corrected chi connectivity index (χ2v) is 11.5. The van der Waals surface area contributed by atoms with Gasteiger partial charge in [-0.25, -0.2) is 9.79 Å². The van der Waals surface area contributed by atoms with Crippen LogP contribution in [0.3, 0.4) is 0 Å². The van der Waals surface area contributed by atoms with Gasteiger partial charge in [0, 0.05) is 29.3 Å². The standard InChI is InChI=1S/C35H29N3O8S/c1-5-45-34(40)30-31(21-9-7-6-8-10-21)36-35-37(32(30)22-12-15-27(43-3)28(17-22)44-4)33(39)29(47-35)19-24-14-16-26(46-24)25-18-23(38(41)42)13-11-20(25)2/h6-19,32H,5H2,1-4H3/b29-19-/t32-/m0/s1. The molecule has 0 saturated heterocycles. The first kappa shape index (κ1) is 31.2. The highest BCUT2D eigenvalue weighted by Gasteiger charge is 2.35. The largest absolute Gasteiger partial charge is 0.493 e. The summed E-state index contributed by atoms with van der Waals surface area (Å²) in [6, 6.07) is 21.5. The maximum atomic E-state index is 14.2. The van der Waals surface area contributed by atoms with Crippen LogP contribution in [0, 0.1) is 17.0 Å². The lowest BCUT2D eigenvalue weighted by Gasteiger charge is -2.26. The Kier molecular flexibility index (Phi) is 8.59. The molecule has 47 heavy (non-hydrogen) atoms. The zero-order valence-electron chi connectivity index (χ0n) is 25.9. The number of carbonyl (C=O) groups excluding carboxylic acids is 1. The van der Waals surface area contributed by atoms with Gasteiger partial charge in [-0.05, 0) is 49.2 Å². The average molecular weight is 652 g/mol. The molecule has 0 fully saturated rings.